The number of methoxy groups -OCH3 is 1. The number of hydrogen-bond acceptors (Lipinski definition) is 9. The van der Waals surface area contributed by atoms with Crippen LogP contribution < -0.4 is 11.1 Å². The summed E-state index contributed by atoms with van der Waals surface area (Å²) in [7, 11) is 7.18. The molecule has 3 aliphatic heterocycles. The SMILES string of the molecule is COC1CC(C)(C)N(OC)C(C)(CCC2(C)CC(N)CC(C)(CCC3(C)CC(NC(C)=O)CC(C)(C)N3OC)N2OC)C1. The van der Waals surface area contributed by atoms with Gasteiger partial charge in [0.25, 0.3) is 0 Å². The first kappa shape index (κ1) is 36.6. The maximum atomic E-state index is 12.0. The maximum Gasteiger partial charge on any atom is 0.217 e. The third-order valence-electron chi connectivity index (χ3n) is 11.0. The van der Waals surface area contributed by atoms with Crippen molar-refractivity contribution in [3.05, 3.63) is 0 Å². The lowest BCUT2D eigenvalue weighted by Crippen LogP contribution is -2.68. The fourth-order valence-corrected chi connectivity index (χ4v) is 9.96. The van der Waals surface area contributed by atoms with Crippen molar-refractivity contribution in [2.24, 2.45) is 5.73 Å². The Bertz CT molecular complexity index is 966. The van der Waals surface area contributed by atoms with Crippen LogP contribution in [0.15, 0.2) is 0 Å². The van der Waals surface area contributed by atoms with E-state index in [2.05, 4.69) is 75.9 Å². The van der Waals surface area contributed by atoms with Crippen molar-refractivity contribution >= 4 is 5.91 Å². The maximum absolute atomic E-state index is 12.0. The van der Waals surface area contributed by atoms with Gasteiger partial charge in [0.2, 0.25) is 5.91 Å². The molecule has 0 saturated carbocycles. The number of carbonyl (C=O) groups is 1. The molecule has 0 radical (unpaired) electrons. The molecule has 10 heteroatoms. The van der Waals surface area contributed by atoms with Crippen molar-refractivity contribution in [3.8, 4) is 0 Å². The Morgan fingerprint density at radius 2 is 1.05 bits per heavy atom. The van der Waals surface area contributed by atoms with Crippen molar-refractivity contribution in [1.29, 1.82) is 0 Å². The fourth-order valence-electron chi connectivity index (χ4n) is 9.96. The minimum absolute atomic E-state index is 0.0134. The number of hydroxylamine groups is 6. The highest BCUT2D eigenvalue weighted by atomic mass is 16.7. The van der Waals surface area contributed by atoms with E-state index in [4.69, 9.17) is 25.0 Å². The molecule has 3 aliphatic rings. The van der Waals surface area contributed by atoms with Gasteiger partial charge in [0.1, 0.15) is 0 Å². The van der Waals surface area contributed by atoms with E-state index in [-0.39, 0.29) is 57.3 Å². The molecular formula is C33H65N5O5. The van der Waals surface area contributed by atoms with Gasteiger partial charge < -0.3 is 30.3 Å². The van der Waals surface area contributed by atoms with Crippen molar-refractivity contribution in [2.75, 3.05) is 28.4 Å². The van der Waals surface area contributed by atoms with Crippen LogP contribution in [-0.4, -0.2) is 101 Å². The van der Waals surface area contributed by atoms with E-state index in [1.54, 1.807) is 28.3 Å². The predicted molar refractivity (Wildman–Crippen MR) is 171 cm³/mol. The smallest absolute Gasteiger partial charge is 0.217 e. The molecule has 0 aromatic heterocycles. The standard InChI is InChI=1S/C33H65N5O5/c1-24(39)35-26-20-28(2,3)36(41-11)32(8,21-26)16-14-30(6)18-25(34)19-31(7,38(30)43-13)15-17-33(9)23-27(40-10)22-29(4,5)37(33)42-12/h25-27H,14-23,34H2,1-13H3,(H,35,39). The lowest BCUT2D eigenvalue weighted by molar-refractivity contribution is -0.301. The van der Waals surface area contributed by atoms with Gasteiger partial charge in [0, 0.05) is 59.4 Å². The molecule has 43 heavy (non-hydrogen) atoms. The van der Waals surface area contributed by atoms with Crippen LogP contribution in [0.5, 0.6) is 0 Å². The summed E-state index contributed by atoms with van der Waals surface area (Å²) in [5.41, 5.74) is 5.48. The number of piperidine rings is 3. The van der Waals surface area contributed by atoms with E-state index >= 15 is 0 Å². The molecule has 0 spiro atoms. The molecule has 0 aromatic rings. The number of hydrogen-bond donors (Lipinski definition) is 2. The van der Waals surface area contributed by atoms with Gasteiger partial charge in [-0.15, -0.1) is 0 Å². The molecule has 3 heterocycles. The van der Waals surface area contributed by atoms with Gasteiger partial charge in [-0.2, -0.15) is 15.2 Å². The monoisotopic (exact) mass is 611 g/mol. The Labute approximate surface area is 262 Å². The Morgan fingerprint density at radius 1 is 0.651 bits per heavy atom. The molecule has 3 fully saturated rings. The number of nitrogens with one attached hydrogen (secondary N) is 1. The third-order valence-corrected chi connectivity index (χ3v) is 11.0. The summed E-state index contributed by atoms with van der Waals surface area (Å²) in [6.45, 7) is 19.7. The lowest BCUT2D eigenvalue weighted by Gasteiger charge is -2.59. The normalized spacial score (nSPS) is 40.8. The van der Waals surface area contributed by atoms with E-state index in [1.165, 1.54) is 0 Å². The minimum atomic E-state index is -0.280. The summed E-state index contributed by atoms with van der Waals surface area (Å²) in [6, 6.07) is 0.151. The quantitative estimate of drug-likeness (QED) is 0.336. The van der Waals surface area contributed by atoms with Gasteiger partial charge in [-0.25, -0.2) is 0 Å². The number of rotatable bonds is 11. The average molecular weight is 612 g/mol. The van der Waals surface area contributed by atoms with Crippen LogP contribution in [-0.2, 0) is 24.0 Å². The topological polar surface area (TPSA) is 102 Å². The van der Waals surface area contributed by atoms with Gasteiger partial charge in [-0.1, -0.05) is 0 Å². The fraction of sp³-hybridized carbons (Fsp3) is 0.970. The van der Waals surface area contributed by atoms with Gasteiger partial charge in [-0.05, 0) is 120 Å². The van der Waals surface area contributed by atoms with E-state index < -0.39 is 0 Å². The first-order chi connectivity index (χ1) is 19.7. The Morgan fingerprint density at radius 3 is 1.44 bits per heavy atom. The van der Waals surface area contributed by atoms with Crippen molar-refractivity contribution < 1.29 is 24.0 Å². The zero-order chi connectivity index (χ0) is 32.6. The van der Waals surface area contributed by atoms with Crippen LogP contribution in [0.3, 0.4) is 0 Å². The van der Waals surface area contributed by atoms with E-state index in [0.29, 0.717) is 0 Å². The Balaban J connectivity index is 1.86. The van der Waals surface area contributed by atoms with Crippen LogP contribution in [0.25, 0.3) is 0 Å². The van der Waals surface area contributed by atoms with Gasteiger partial charge in [0.05, 0.1) is 27.4 Å². The van der Waals surface area contributed by atoms with E-state index in [1.807, 2.05) is 7.11 Å². The van der Waals surface area contributed by atoms with E-state index in [9.17, 15) is 4.79 Å². The summed E-state index contributed by atoms with van der Waals surface area (Å²) < 4.78 is 5.91. The molecular weight excluding hydrogens is 546 g/mol. The third kappa shape index (κ3) is 7.59. The summed E-state index contributed by atoms with van der Waals surface area (Å²) in [6.07, 6.45) is 8.95. The highest BCUT2D eigenvalue weighted by Gasteiger charge is 2.55. The highest BCUT2D eigenvalue weighted by Crippen LogP contribution is 2.49. The second-order valence-corrected chi connectivity index (χ2v) is 16.3. The molecule has 1 amide bonds. The molecule has 3 N–H and O–H groups in total. The van der Waals surface area contributed by atoms with Crippen molar-refractivity contribution in [2.45, 2.75) is 178 Å². The van der Waals surface area contributed by atoms with Gasteiger partial charge in [0.15, 0.2) is 0 Å². The minimum Gasteiger partial charge on any atom is -0.381 e. The lowest BCUT2D eigenvalue weighted by atomic mass is 9.69. The summed E-state index contributed by atoms with van der Waals surface area (Å²) in [4.78, 5) is 30.5. The van der Waals surface area contributed by atoms with Crippen molar-refractivity contribution in [3.63, 3.8) is 0 Å². The molecule has 0 aliphatic carbocycles. The zero-order valence-electron chi connectivity index (χ0n) is 29.8. The predicted octanol–water partition coefficient (Wildman–Crippen LogP) is 4.96. The largest absolute Gasteiger partial charge is 0.381 e. The summed E-state index contributed by atoms with van der Waals surface area (Å²) in [5.74, 6) is 0.0134. The number of amides is 1. The van der Waals surface area contributed by atoms with Crippen LogP contribution in [0.1, 0.15) is 127 Å². The van der Waals surface area contributed by atoms with Crippen LogP contribution in [0.2, 0.25) is 0 Å². The number of carbonyl (C=O) groups excluding carboxylic acids is 1. The summed E-state index contributed by atoms with van der Waals surface area (Å²) >= 11 is 0. The van der Waals surface area contributed by atoms with Crippen LogP contribution in [0.4, 0.5) is 0 Å². The van der Waals surface area contributed by atoms with E-state index in [0.717, 1.165) is 64.2 Å². The number of nitrogens with two attached hydrogens (primary N) is 1. The van der Waals surface area contributed by atoms with Crippen LogP contribution in [0, 0.1) is 0 Å². The molecule has 7 unspecified atom stereocenters. The second-order valence-electron chi connectivity index (χ2n) is 16.3. The molecule has 252 valence electrons. The molecule has 3 saturated heterocycles. The molecule has 7 atom stereocenters. The number of ether oxygens (including phenoxy) is 1. The highest BCUT2D eigenvalue weighted by molar-refractivity contribution is 5.73. The Hall–Kier alpha value is -0.850. The Kier molecular flexibility index (Phi) is 11.2. The van der Waals surface area contributed by atoms with Crippen LogP contribution >= 0.6 is 0 Å². The first-order valence-corrected chi connectivity index (χ1v) is 16.3. The average Bonchev–Trinajstić information content (AvgIpc) is 2.84. The van der Waals surface area contributed by atoms with Crippen molar-refractivity contribution in [1.82, 2.24) is 20.5 Å². The molecule has 0 bridgehead atoms. The van der Waals surface area contributed by atoms with Gasteiger partial charge in [-0.3, -0.25) is 4.79 Å². The molecule has 0 aromatic carbocycles. The first-order valence-electron chi connectivity index (χ1n) is 16.3. The van der Waals surface area contributed by atoms with Gasteiger partial charge >= 0.3 is 0 Å². The summed E-state index contributed by atoms with van der Waals surface area (Å²) in [5, 5.41) is 9.83. The number of nitrogens with zero attached hydrogens (tertiary/aromatic N) is 3. The molecule has 10 nitrogen and oxygen atoms in total. The second kappa shape index (κ2) is 13.1. The molecule has 3 rings (SSSR count). The zero-order valence-corrected chi connectivity index (χ0v) is 29.8.